The van der Waals surface area contributed by atoms with Gasteiger partial charge in [0.25, 0.3) is 0 Å². The molecule has 0 radical (unpaired) electrons. The Morgan fingerprint density at radius 1 is 1.50 bits per heavy atom. The van der Waals surface area contributed by atoms with Crippen molar-refractivity contribution < 1.29 is 9.53 Å². The maximum atomic E-state index is 11.1. The molecule has 20 heavy (non-hydrogen) atoms. The van der Waals surface area contributed by atoms with E-state index in [1.165, 1.54) is 0 Å². The summed E-state index contributed by atoms with van der Waals surface area (Å²) >= 11 is 1.56. The summed E-state index contributed by atoms with van der Waals surface area (Å²) < 4.78 is 5.58. The number of hydrogen-bond donors (Lipinski definition) is 1. The van der Waals surface area contributed by atoms with Gasteiger partial charge in [-0.1, -0.05) is 6.92 Å². The van der Waals surface area contributed by atoms with E-state index in [2.05, 4.69) is 15.3 Å². The molecule has 5 nitrogen and oxygen atoms in total. The van der Waals surface area contributed by atoms with Gasteiger partial charge >= 0.3 is 0 Å². The first kappa shape index (κ1) is 14.5. The second kappa shape index (κ2) is 7.59. The first-order valence-electron chi connectivity index (χ1n) is 6.50. The lowest BCUT2D eigenvalue weighted by molar-refractivity contribution is -0.120. The van der Waals surface area contributed by atoms with Crippen LogP contribution in [0.1, 0.15) is 24.0 Å². The summed E-state index contributed by atoms with van der Waals surface area (Å²) in [5.41, 5.74) is 0.983. The van der Waals surface area contributed by atoms with Crippen LogP contribution < -0.4 is 10.1 Å². The second-order valence-corrected chi connectivity index (χ2v) is 5.11. The summed E-state index contributed by atoms with van der Waals surface area (Å²) in [6.45, 7) is 2.91. The minimum atomic E-state index is 0.0698. The van der Waals surface area contributed by atoms with Crippen molar-refractivity contribution in [2.75, 3.05) is 6.54 Å². The Hall–Kier alpha value is -1.95. The topological polar surface area (TPSA) is 64.1 Å². The molecule has 0 spiro atoms. The van der Waals surface area contributed by atoms with Crippen LogP contribution in [-0.4, -0.2) is 22.4 Å². The van der Waals surface area contributed by atoms with Crippen molar-refractivity contribution in [3.8, 4) is 5.75 Å². The Morgan fingerprint density at radius 2 is 2.40 bits per heavy atom. The number of pyridine rings is 1. The average molecular weight is 291 g/mol. The number of hydrogen-bond acceptors (Lipinski definition) is 5. The van der Waals surface area contributed by atoms with Crippen molar-refractivity contribution >= 4 is 17.2 Å². The Bertz CT molecular complexity index is 542. The second-order valence-electron chi connectivity index (χ2n) is 4.16. The minimum absolute atomic E-state index is 0.0698. The van der Waals surface area contributed by atoms with Gasteiger partial charge < -0.3 is 10.1 Å². The summed E-state index contributed by atoms with van der Waals surface area (Å²) in [7, 11) is 0. The van der Waals surface area contributed by atoms with E-state index in [1.807, 2.05) is 24.4 Å². The summed E-state index contributed by atoms with van der Waals surface area (Å²) in [6.07, 6.45) is 4.64. The maximum absolute atomic E-state index is 11.1. The van der Waals surface area contributed by atoms with Crippen molar-refractivity contribution in [3.63, 3.8) is 0 Å². The summed E-state index contributed by atoms with van der Waals surface area (Å²) in [6, 6.07) is 3.70. The van der Waals surface area contributed by atoms with Crippen LogP contribution >= 0.6 is 11.3 Å². The van der Waals surface area contributed by atoms with Gasteiger partial charge in [0.1, 0.15) is 17.4 Å². The monoisotopic (exact) mass is 291 g/mol. The Kier molecular flexibility index (Phi) is 5.49. The van der Waals surface area contributed by atoms with Gasteiger partial charge in [-0.2, -0.15) is 0 Å². The molecule has 2 rings (SSSR count). The molecule has 1 N–H and O–H groups in total. The molecule has 0 saturated carbocycles. The summed E-state index contributed by atoms with van der Waals surface area (Å²) in [4.78, 5) is 19.6. The van der Waals surface area contributed by atoms with E-state index >= 15 is 0 Å². The third-order valence-electron chi connectivity index (χ3n) is 2.62. The molecule has 2 heterocycles. The molecular formula is C14H17N3O2S. The number of carbonyl (C=O) groups excluding carboxylic acids is 1. The van der Waals surface area contributed by atoms with Crippen molar-refractivity contribution in [2.24, 2.45) is 0 Å². The van der Waals surface area contributed by atoms with Crippen LogP contribution in [0.15, 0.2) is 29.9 Å². The molecule has 0 bridgehead atoms. The van der Waals surface area contributed by atoms with Gasteiger partial charge in [-0.05, 0) is 12.1 Å². The molecule has 0 fully saturated rings. The quantitative estimate of drug-likeness (QED) is 0.849. The number of rotatable bonds is 7. The SMILES string of the molecule is CCC(=O)NCCc1csc(COc2cccnc2)n1. The zero-order valence-electron chi connectivity index (χ0n) is 11.3. The van der Waals surface area contributed by atoms with Crippen LogP contribution in [0, 0.1) is 0 Å². The van der Waals surface area contributed by atoms with Crippen molar-refractivity contribution in [3.05, 3.63) is 40.6 Å². The fourth-order valence-electron chi connectivity index (χ4n) is 1.56. The molecule has 0 saturated heterocycles. The van der Waals surface area contributed by atoms with Gasteiger partial charge in [0.2, 0.25) is 5.91 Å². The Morgan fingerprint density at radius 3 is 3.15 bits per heavy atom. The summed E-state index contributed by atoms with van der Waals surface area (Å²) in [5, 5.41) is 5.76. The van der Waals surface area contributed by atoms with Gasteiger partial charge in [0, 0.05) is 31.0 Å². The van der Waals surface area contributed by atoms with Crippen LogP contribution in [0.25, 0.3) is 0 Å². The summed E-state index contributed by atoms with van der Waals surface area (Å²) in [5.74, 6) is 0.805. The van der Waals surface area contributed by atoms with E-state index in [9.17, 15) is 4.79 Å². The highest BCUT2D eigenvalue weighted by Crippen LogP contribution is 2.14. The maximum Gasteiger partial charge on any atom is 0.219 e. The number of aromatic nitrogens is 2. The van der Waals surface area contributed by atoms with E-state index < -0.39 is 0 Å². The predicted octanol–water partition coefficient (Wildman–Crippen LogP) is 2.19. The molecule has 0 aliphatic heterocycles. The fourth-order valence-corrected chi connectivity index (χ4v) is 2.30. The van der Waals surface area contributed by atoms with Gasteiger partial charge in [0.05, 0.1) is 11.9 Å². The van der Waals surface area contributed by atoms with Crippen molar-refractivity contribution in [1.82, 2.24) is 15.3 Å². The zero-order chi connectivity index (χ0) is 14.2. The molecule has 0 aliphatic rings. The van der Waals surface area contributed by atoms with E-state index in [-0.39, 0.29) is 5.91 Å². The smallest absolute Gasteiger partial charge is 0.219 e. The standard InChI is InChI=1S/C14H17N3O2S/c1-2-13(18)16-7-5-11-10-20-14(17-11)9-19-12-4-3-6-15-8-12/h3-4,6,8,10H,2,5,7,9H2,1H3,(H,16,18). The van der Waals surface area contributed by atoms with Crippen molar-refractivity contribution in [1.29, 1.82) is 0 Å². The third kappa shape index (κ3) is 4.62. The molecule has 2 aromatic rings. The Labute approximate surface area is 122 Å². The first-order chi connectivity index (χ1) is 9.78. The van der Waals surface area contributed by atoms with Gasteiger partial charge in [0.15, 0.2) is 0 Å². The first-order valence-corrected chi connectivity index (χ1v) is 7.38. The molecule has 6 heteroatoms. The number of carbonyl (C=O) groups is 1. The molecule has 1 amide bonds. The largest absolute Gasteiger partial charge is 0.485 e. The molecular weight excluding hydrogens is 274 g/mol. The zero-order valence-corrected chi connectivity index (χ0v) is 12.2. The number of ether oxygens (including phenoxy) is 1. The number of amides is 1. The van der Waals surface area contributed by atoms with Gasteiger partial charge in [-0.15, -0.1) is 11.3 Å². The van der Waals surface area contributed by atoms with Crippen LogP contribution in [0.2, 0.25) is 0 Å². The van der Waals surface area contributed by atoms with E-state index in [0.29, 0.717) is 19.6 Å². The molecule has 0 aliphatic carbocycles. The van der Waals surface area contributed by atoms with E-state index in [0.717, 1.165) is 22.9 Å². The number of nitrogens with one attached hydrogen (secondary N) is 1. The van der Waals surface area contributed by atoms with Gasteiger partial charge in [-0.25, -0.2) is 4.98 Å². The highest BCUT2D eigenvalue weighted by molar-refractivity contribution is 7.09. The predicted molar refractivity (Wildman–Crippen MR) is 77.7 cm³/mol. The third-order valence-corrected chi connectivity index (χ3v) is 3.49. The fraction of sp³-hybridized carbons (Fsp3) is 0.357. The van der Waals surface area contributed by atoms with Crippen LogP contribution in [0.5, 0.6) is 5.75 Å². The number of thiazole rings is 1. The lowest BCUT2D eigenvalue weighted by Gasteiger charge is -2.02. The van der Waals surface area contributed by atoms with E-state index in [4.69, 9.17) is 4.74 Å². The normalized spacial score (nSPS) is 10.2. The van der Waals surface area contributed by atoms with Crippen LogP contribution in [-0.2, 0) is 17.8 Å². The van der Waals surface area contributed by atoms with E-state index in [1.54, 1.807) is 23.7 Å². The lowest BCUT2D eigenvalue weighted by Crippen LogP contribution is -2.24. The highest BCUT2D eigenvalue weighted by Gasteiger charge is 2.04. The molecule has 106 valence electrons. The molecule has 0 unspecified atom stereocenters. The van der Waals surface area contributed by atoms with Crippen LogP contribution in [0.4, 0.5) is 0 Å². The van der Waals surface area contributed by atoms with Crippen molar-refractivity contribution in [2.45, 2.75) is 26.4 Å². The van der Waals surface area contributed by atoms with Gasteiger partial charge in [-0.3, -0.25) is 9.78 Å². The molecule has 0 aromatic carbocycles. The highest BCUT2D eigenvalue weighted by atomic mass is 32.1. The number of nitrogens with zero attached hydrogens (tertiary/aromatic N) is 2. The molecule has 0 atom stereocenters. The average Bonchev–Trinajstić information content (AvgIpc) is 2.94. The minimum Gasteiger partial charge on any atom is -0.485 e. The van der Waals surface area contributed by atoms with Crippen LogP contribution in [0.3, 0.4) is 0 Å². The lowest BCUT2D eigenvalue weighted by atomic mass is 10.3. The molecule has 2 aromatic heterocycles. The Balaban J connectivity index is 1.76.